The molecule has 7 heteroatoms. The molecular weight excluding hydrogens is 419 g/mol. The van der Waals surface area contributed by atoms with Gasteiger partial charge in [0.05, 0.1) is 17.3 Å². The highest BCUT2D eigenvalue weighted by atomic mass is 19.1. The fourth-order valence-electron chi connectivity index (χ4n) is 3.79. The molecule has 1 fully saturated rings. The number of likely N-dealkylation sites (tertiary alicyclic amines) is 1. The monoisotopic (exact) mass is 444 g/mol. The maximum absolute atomic E-state index is 13.1. The Balaban J connectivity index is 1.43. The quantitative estimate of drug-likeness (QED) is 0.568. The number of piperidine rings is 1. The van der Waals surface area contributed by atoms with E-state index in [1.165, 1.54) is 37.5 Å². The smallest absolute Gasteiger partial charge is 0.269 e. The number of carbonyl (C=O) groups is 1. The fourth-order valence-corrected chi connectivity index (χ4v) is 3.79. The van der Waals surface area contributed by atoms with E-state index in [0.29, 0.717) is 29.3 Å². The van der Waals surface area contributed by atoms with E-state index in [0.717, 1.165) is 25.2 Å². The van der Waals surface area contributed by atoms with Crippen molar-refractivity contribution < 1.29 is 13.9 Å². The summed E-state index contributed by atoms with van der Waals surface area (Å²) in [6.07, 6.45) is 3.68. The first-order valence-electron chi connectivity index (χ1n) is 11.1. The number of aromatic nitrogens is 1. The van der Waals surface area contributed by atoms with E-state index in [1.807, 2.05) is 0 Å². The summed E-state index contributed by atoms with van der Waals surface area (Å²) in [6, 6.07) is 18.2. The maximum atomic E-state index is 13.1. The molecule has 1 amide bonds. The Hall–Kier alpha value is -3.76. The molecule has 0 spiro atoms. The number of carbonyl (C=O) groups excluding carboxylic acids is 1. The first kappa shape index (κ1) is 22.4. The number of hydrogen-bond acceptors (Lipinski definition) is 5. The Morgan fingerprint density at radius 2 is 1.70 bits per heavy atom. The van der Waals surface area contributed by atoms with Gasteiger partial charge in [-0.15, -0.1) is 0 Å². The van der Waals surface area contributed by atoms with Crippen LogP contribution in [0.15, 0.2) is 60.7 Å². The molecule has 4 rings (SSSR count). The summed E-state index contributed by atoms with van der Waals surface area (Å²) in [5.74, 6) is 0.490. The van der Waals surface area contributed by atoms with E-state index < -0.39 is 0 Å². The molecule has 0 bridgehead atoms. The van der Waals surface area contributed by atoms with Gasteiger partial charge in [-0.2, -0.15) is 5.26 Å². The molecule has 1 aromatic heterocycles. The van der Waals surface area contributed by atoms with Crippen molar-refractivity contribution in [1.29, 1.82) is 5.26 Å². The van der Waals surface area contributed by atoms with Gasteiger partial charge in [-0.05, 0) is 86.6 Å². The lowest BCUT2D eigenvalue weighted by atomic mass is 10.1. The van der Waals surface area contributed by atoms with E-state index in [-0.39, 0.29) is 17.4 Å². The minimum absolute atomic E-state index is 0.217. The number of nitrogens with one attached hydrogen (secondary N) is 1. The van der Waals surface area contributed by atoms with Crippen LogP contribution in [0.5, 0.6) is 11.5 Å². The first-order valence-corrected chi connectivity index (χ1v) is 11.1. The van der Waals surface area contributed by atoms with Gasteiger partial charge in [0.1, 0.15) is 23.0 Å². The Kier molecular flexibility index (Phi) is 7.28. The Labute approximate surface area is 192 Å². The lowest BCUT2D eigenvalue weighted by molar-refractivity contribution is 0.0941. The van der Waals surface area contributed by atoms with E-state index in [1.54, 1.807) is 42.5 Å². The zero-order valence-electron chi connectivity index (χ0n) is 18.3. The molecule has 2 heterocycles. The predicted molar refractivity (Wildman–Crippen MR) is 123 cm³/mol. The number of halogens is 1. The molecule has 1 aliphatic rings. The van der Waals surface area contributed by atoms with Crippen LogP contribution in [-0.2, 0) is 0 Å². The van der Waals surface area contributed by atoms with Gasteiger partial charge < -0.3 is 15.0 Å². The van der Waals surface area contributed by atoms with Crippen LogP contribution in [0.1, 0.15) is 35.3 Å². The molecule has 0 saturated carbocycles. The van der Waals surface area contributed by atoms with Crippen molar-refractivity contribution >= 4 is 5.91 Å². The average Bonchev–Trinajstić information content (AvgIpc) is 2.86. The van der Waals surface area contributed by atoms with Gasteiger partial charge in [-0.1, -0.05) is 6.42 Å². The third-order valence-corrected chi connectivity index (χ3v) is 5.55. The Morgan fingerprint density at radius 1 is 1.03 bits per heavy atom. The summed E-state index contributed by atoms with van der Waals surface area (Å²) in [6.45, 7) is 3.50. The number of hydrogen-bond donors (Lipinski definition) is 1. The summed E-state index contributed by atoms with van der Waals surface area (Å²) < 4.78 is 18.8. The maximum Gasteiger partial charge on any atom is 0.269 e. The third-order valence-electron chi connectivity index (χ3n) is 5.55. The summed E-state index contributed by atoms with van der Waals surface area (Å²) in [5.41, 5.74) is 1.87. The van der Waals surface area contributed by atoms with E-state index in [9.17, 15) is 14.4 Å². The van der Waals surface area contributed by atoms with Crippen LogP contribution in [0.2, 0.25) is 0 Å². The highest BCUT2D eigenvalue weighted by Crippen LogP contribution is 2.26. The minimum Gasteiger partial charge on any atom is -0.457 e. The molecule has 6 nitrogen and oxygen atoms in total. The number of rotatable bonds is 7. The van der Waals surface area contributed by atoms with Crippen LogP contribution in [0.4, 0.5) is 4.39 Å². The lowest BCUT2D eigenvalue weighted by Gasteiger charge is -2.26. The second kappa shape index (κ2) is 10.7. The van der Waals surface area contributed by atoms with Gasteiger partial charge in [0.2, 0.25) is 0 Å². The first-order chi connectivity index (χ1) is 16.1. The minimum atomic E-state index is -0.326. The van der Waals surface area contributed by atoms with Crippen molar-refractivity contribution in [1.82, 2.24) is 15.2 Å². The molecular formula is C26H25FN4O2. The highest BCUT2D eigenvalue weighted by Gasteiger charge is 2.14. The molecule has 0 unspecified atom stereocenters. The van der Waals surface area contributed by atoms with Crippen LogP contribution in [-0.4, -0.2) is 42.0 Å². The van der Waals surface area contributed by atoms with E-state index in [2.05, 4.69) is 21.3 Å². The van der Waals surface area contributed by atoms with Gasteiger partial charge in [0.25, 0.3) is 5.91 Å². The average molecular weight is 445 g/mol. The zero-order chi connectivity index (χ0) is 23.0. The number of nitriles is 1. The topological polar surface area (TPSA) is 78.3 Å². The zero-order valence-corrected chi connectivity index (χ0v) is 18.3. The van der Waals surface area contributed by atoms with Crippen molar-refractivity contribution in [3.8, 4) is 28.8 Å². The van der Waals surface area contributed by atoms with Gasteiger partial charge >= 0.3 is 0 Å². The second-order valence-corrected chi connectivity index (χ2v) is 7.98. The number of ether oxygens (including phenoxy) is 1. The molecule has 168 valence electrons. The fraction of sp³-hybridized carbons (Fsp3) is 0.269. The summed E-state index contributed by atoms with van der Waals surface area (Å²) >= 11 is 0. The molecule has 0 aliphatic carbocycles. The van der Waals surface area contributed by atoms with Crippen molar-refractivity contribution in [2.24, 2.45) is 0 Å². The highest BCUT2D eigenvalue weighted by molar-refractivity contribution is 5.93. The Morgan fingerprint density at radius 3 is 2.36 bits per heavy atom. The largest absolute Gasteiger partial charge is 0.457 e. The van der Waals surface area contributed by atoms with Crippen molar-refractivity contribution in [3.63, 3.8) is 0 Å². The molecule has 3 aromatic rings. The molecule has 2 aromatic carbocycles. The predicted octanol–water partition coefficient (Wildman–Crippen LogP) is 4.77. The number of pyridine rings is 1. The van der Waals surface area contributed by atoms with E-state index >= 15 is 0 Å². The molecule has 0 atom stereocenters. The summed E-state index contributed by atoms with van der Waals surface area (Å²) in [7, 11) is 0. The van der Waals surface area contributed by atoms with Gasteiger partial charge in [-0.25, -0.2) is 9.37 Å². The molecule has 1 saturated heterocycles. The van der Waals surface area contributed by atoms with Gasteiger partial charge in [0.15, 0.2) is 0 Å². The second-order valence-electron chi connectivity index (χ2n) is 7.98. The number of amides is 1. The third kappa shape index (κ3) is 6.15. The molecule has 0 radical (unpaired) electrons. The van der Waals surface area contributed by atoms with Gasteiger partial charge in [-0.3, -0.25) is 4.79 Å². The summed E-state index contributed by atoms with van der Waals surface area (Å²) in [4.78, 5) is 19.5. The summed E-state index contributed by atoms with van der Waals surface area (Å²) in [5, 5.41) is 12.3. The van der Waals surface area contributed by atoms with E-state index in [4.69, 9.17) is 4.74 Å². The standard InChI is InChI=1S/C26H25FN4O2/c27-21-6-10-23(11-7-21)33-22-8-4-20(5-9-22)24-16-19(18-28)17-25(30-24)26(32)29-12-15-31-13-2-1-3-14-31/h4-11,16-17H,1-3,12-15H2,(H,29,32). The van der Waals surface area contributed by atoms with Crippen LogP contribution in [0.25, 0.3) is 11.3 Å². The van der Waals surface area contributed by atoms with Crippen LogP contribution in [0.3, 0.4) is 0 Å². The lowest BCUT2D eigenvalue weighted by Crippen LogP contribution is -2.37. The molecule has 1 N–H and O–H groups in total. The van der Waals surface area contributed by atoms with Crippen molar-refractivity contribution in [2.45, 2.75) is 19.3 Å². The Bertz CT molecular complexity index is 1130. The number of benzene rings is 2. The molecule has 1 aliphatic heterocycles. The number of nitrogens with zero attached hydrogens (tertiary/aromatic N) is 3. The van der Waals surface area contributed by atoms with Crippen LogP contribution in [0, 0.1) is 17.1 Å². The van der Waals surface area contributed by atoms with Crippen molar-refractivity contribution in [2.75, 3.05) is 26.2 Å². The SMILES string of the molecule is N#Cc1cc(C(=O)NCCN2CCCCC2)nc(-c2ccc(Oc3ccc(F)cc3)cc2)c1. The normalized spacial score (nSPS) is 13.8. The van der Waals surface area contributed by atoms with Gasteiger partial charge in [0, 0.05) is 18.7 Å². The van der Waals surface area contributed by atoms with Crippen LogP contribution >= 0.6 is 0 Å². The van der Waals surface area contributed by atoms with Crippen molar-refractivity contribution in [3.05, 3.63) is 77.7 Å². The van der Waals surface area contributed by atoms with Crippen LogP contribution < -0.4 is 10.1 Å². The molecule has 33 heavy (non-hydrogen) atoms.